The molecular weight excluding hydrogens is 781 g/mol. The van der Waals surface area contributed by atoms with Gasteiger partial charge in [0.25, 0.3) is 0 Å². The zero-order valence-corrected chi connectivity index (χ0v) is 41.9. The van der Waals surface area contributed by atoms with Gasteiger partial charge in [0.15, 0.2) is 0 Å². The highest BCUT2D eigenvalue weighted by Gasteiger charge is 2.79. The van der Waals surface area contributed by atoms with Crippen LogP contribution in [0.15, 0.2) is 0 Å². The molecule has 0 radical (unpaired) electrons. The molecule has 0 amide bonds. The summed E-state index contributed by atoms with van der Waals surface area (Å²) in [6.07, 6.45) is 17.4. The van der Waals surface area contributed by atoms with Crippen molar-refractivity contribution >= 4 is 23.9 Å². The van der Waals surface area contributed by atoms with Gasteiger partial charge in [-0.15, -0.1) is 0 Å². The van der Waals surface area contributed by atoms with Crippen LogP contribution in [-0.2, 0) is 19.2 Å². The number of carboxylic acid groups (broad SMARTS) is 4. The Morgan fingerprint density at radius 3 is 1.05 bits per heavy atom. The summed E-state index contributed by atoms with van der Waals surface area (Å²) in [6, 6.07) is 0. The molecule has 2 aliphatic rings. The lowest BCUT2D eigenvalue weighted by atomic mass is 9.37. The van der Waals surface area contributed by atoms with Crippen LogP contribution < -0.4 is 10.6 Å². The van der Waals surface area contributed by atoms with Gasteiger partial charge in [-0.2, -0.15) is 0 Å². The molecular formula is C52H96N2O8. The van der Waals surface area contributed by atoms with Crippen molar-refractivity contribution in [3.05, 3.63) is 0 Å². The van der Waals surface area contributed by atoms with Crippen LogP contribution in [0.3, 0.4) is 0 Å². The van der Waals surface area contributed by atoms with E-state index >= 15 is 4.79 Å². The molecule has 10 heteroatoms. The predicted octanol–water partition coefficient (Wildman–Crippen LogP) is 12.9. The van der Waals surface area contributed by atoms with Crippen molar-refractivity contribution in [1.29, 1.82) is 0 Å². The van der Waals surface area contributed by atoms with Crippen molar-refractivity contribution in [2.45, 2.75) is 266 Å². The van der Waals surface area contributed by atoms with E-state index in [1.165, 1.54) is 38.5 Å². The number of nitrogens with one attached hydrogen (secondary N) is 2. The van der Waals surface area contributed by atoms with Crippen molar-refractivity contribution in [2.24, 2.45) is 39.9 Å². The fourth-order valence-electron chi connectivity index (χ4n) is 13.3. The maximum absolute atomic E-state index is 15.2. The van der Waals surface area contributed by atoms with E-state index in [0.29, 0.717) is 37.5 Å². The lowest BCUT2D eigenvalue weighted by Crippen LogP contribution is -2.74. The number of aliphatic carboxylic acids is 4. The molecule has 6 N–H and O–H groups in total. The lowest BCUT2D eigenvalue weighted by molar-refractivity contribution is -0.233. The summed E-state index contributed by atoms with van der Waals surface area (Å²) in [5.74, 6) is -6.22. The lowest BCUT2D eigenvalue weighted by Gasteiger charge is -2.64. The van der Waals surface area contributed by atoms with Gasteiger partial charge in [0, 0.05) is 22.2 Å². The number of piperidine rings is 2. The normalized spacial score (nSPS) is 21.1. The topological polar surface area (TPSA) is 173 Å². The van der Waals surface area contributed by atoms with Gasteiger partial charge in [0.05, 0.1) is 17.3 Å². The maximum atomic E-state index is 15.2. The fraction of sp³-hybridized carbons (Fsp3) is 0.923. The van der Waals surface area contributed by atoms with Gasteiger partial charge in [-0.05, 0) is 118 Å². The molecule has 0 spiro atoms. The quantitative estimate of drug-likeness (QED) is 0.0368. The third kappa shape index (κ3) is 15.2. The second kappa shape index (κ2) is 23.8. The van der Waals surface area contributed by atoms with E-state index in [1.807, 2.05) is 55.4 Å². The molecule has 2 saturated heterocycles. The predicted molar refractivity (Wildman–Crippen MR) is 253 cm³/mol. The Labute approximate surface area is 378 Å². The Morgan fingerprint density at radius 1 is 0.468 bits per heavy atom. The van der Waals surface area contributed by atoms with Gasteiger partial charge < -0.3 is 31.1 Å². The molecule has 0 aliphatic carbocycles. The van der Waals surface area contributed by atoms with Gasteiger partial charge in [0.2, 0.25) is 0 Å². The molecule has 0 bridgehead atoms. The van der Waals surface area contributed by atoms with Crippen LogP contribution in [0.25, 0.3) is 0 Å². The largest absolute Gasteiger partial charge is 0.481 e. The number of hydrogen-bond donors (Lipinski definition) is 6. The number of carboxylic acids is 4. The van der Waals surface area contributed by atoms with Gasteiger partial charge >= 0.3 is 23.9 Å². The average Bonchev–Trinajstić information content (AvgIpc) is 3.09. The van der Waals surface area contributed by atoms with Crippen molar-refractivity contribution in [3.8, 4) is 0 Å². The molecule has 0 aromatic heterocycles. The summed E-state index contributed by atoms with van der Waals surface area (Å²) >= 11 is 0. The van der Waals surface area contributed by atoms with Gasteiger partial charge in [0.1, 0.15) is 5.41 Å². The minimum absolute atomic E-state index is 0.0178. The molecule has 2 atom stereocenters. The Bertz CT molecular complexity index is 1360. The van der Waals surface area contributed by atoms with E-state index in [4.69, 9.17) is 0 Å². The molecule has 0 aromatic carbocycles. The van der Waals surface area contributed by atoms with E-state index in [-0.39, 0.29) is 38.5 Å². The van der Waals surface area contributed by atoms with Crippen LogP contribution in [-0.4, -0.2) is 66.5 Å². The average molecular weight is 877 g/mol. The zero-order valence-electron chi connectivity index (χ0n) is 41.9. The van der Waals surface area contributed by atoms with Crippen LogP contribution in [0.1, 0.15) is 244 Å². The molecule has 2 unspecified atom stereocenters. The van der Waals surface area contributed by atoms with Crippen LogP contribution >= 0.6 is 0 Å². The smallest absolute Gasteiger partial charge is 0.312 e. The summed E-state index contributed by atoms with van der Waals surface area (Å²) in [7, 11) is 0. The van der Waals surface area contributed by atoms with E-state index < -0.39 is 80.5 Å². The standard InChI is InChI=1S/C52H96N2O8/c1-38(2)29-25-21-17-13-15-19-23-27-31-50(43(57)58,32-28-24-20-16-14-18-22-26-30-39(3)4)52(45(61)62,41-35-48(9,10)54-49(11,12)36-41)51(44(59)60,37-42(55)56)40-33-46(5,6)53-47(7,8)34-40/h38-41,53-54H,13-37H2,1-12H3,(H,55,56)(H,57,58)(H,59,60)(H,61,62). The number of rotatable bonds is 31. The van der Waals surface area contributed by atoms with Crippen molar-refractivity contribution in [3.63, 3.8) is 0 Å². The van der Waals surface area contributed by atoms with Gasteiger partial charge in [-0.25, -0.2) is 0 Å². The third-order valence-corrected chi connectivity index (χ3v) is 15.0. The monoisotopic (exact) mass is 877 g/mol. The van der Waals surface area contributed by atoms with Crippen molar-refractivity contribution in [2.75, 3.05) is 0 Å². The summed E-state index contributed by atoms with van der Waals surface area (Å²) in [6.45, 7) is 24.7. The number of carbonyl (C=O) groups is 4. The van der Waals surface area contributed by atoms with E-state index in [1.54, 1.807) is 0 Å². The molecule has 2 fully saturated rings. The molecule has 2 heterocycles. The van der Waals surface area contributed by atoms with Crippen molar-refractivity contribution in [1.82, 2.24) is 10.6 Å². The van der Waals surface area contributed by atoms with Gasteiger partial charge in [-0.1, -0.05) is 143 Å². The van der Waals surface area contributed by atoms with E-state index in [9.17, 15) is 34.8 Å². The highest BCUT2D eigenvalue weighted by atomic mass is 16.4. The number of unbranched alkanes of at least 4 members (excludes halogenated alkanes) is 14. The molecule has 2 aliphatic heterocycles. The molecule has 10 nitrogen and oxygen atoms in total. The van der Waals surface area contributed by atoms with Crippen LogP contribution in [0.4, 0.5) is 0 Å². The Morgan fingerprint density at radius 2 is 0.774 bits per heavy atom. The van der Waals surface area contributed by atoms with Crippen LogP contribution in [0.5, 0.6) is 0 Å². The first kappa shape index (κ1) is 55.9. The Hall–Kier alpha value is -2.20. The van der Waals surface area contributed by atoms with Crippen LogP contribution in [0.2, 0.25) is 0 Å². The Balaban J connectivity index is 2.87. The fourth-order valence-corrected chi connectivity index (χ4v) is 13.3. The second-order valence-electron chi connectivity index (χ2n) is 23.9. The highest BCUT2D eigenvalue weighted by molar-refractivity contribution is 5.96. The van der Waals surface area contributed by atoms with E-state index in [2.05, 4.69) is 38.3 Å². The molecule has 0 saturated carbocycles. The summed E-state index contributed by atoms with van der Waals surface area (Å²) < 4.78 is 0. The van der Waals surface area contributed by atoms with E-state index in [0.717, 1.165) is 51.4 Å². The Kier molecular flexibility index (Phi) is 21.5. The maximum Gasteiger partial charge on any atom is 0.312 e. The SMILES string of the molecule is CC(C)CCCCCCCCCCC(CCCCCCCCCCC(C)C)(C(=O)O)C(C(=O)O)(C1CC(C)(C)NC(C)(C)C1)C(CC(=O)O)(C(=O)O)C1CC(C)(C)NC(C)(C)C1. The zero-order chi connectivity index (χ0) is 47.2. The highest BCUT2D eigenvalue weighted by Crippen LogP contribution is 2.70. The molecule has 2 rings (SSSR count). The second-order valence-corrected chi connectivity index (χ2v) is 23.9. The van der Waals surface area contributed by atoms with Crippen molar-refractivity contribution < 1.29 is 39.6 Å². The summed E-state index contributed by atoms with van der Waals surface area (Å²) in [4.78, 5) is 58.4. The first-order chi connectivity index (χ1) is 28.6. The molecule has 62 heavy (non-hydrogen) atoms. The van der Waals surface area contributed by atoms with Crippen LogP contribution in [0, 0.1) is 39.9 Å². The number of hydrogen-bond acceptors (Lipinski definition) is 6. The minimum Gasteiger partial charge on any atom is -0.481 e. The first-order valence-corrected chi connectivity index (χ1v) is 25.1. The summed E-state index contributed by atoms with van der Waals surface area (Å²) in [5.41, 5.74) is -9.75. The molecule has 0 aromatic rings. The molecule has 362 valence electrons. The van der Waals surface area contributed by atoms with Gasteiger partial charge in [-0.3, -0.25) is 19.2 Å². The minimum atomic E-state index is -2.48. The summed E-state index contributed by atoms with van der Waals surface area (Å²) in [5, 5.41) is 54.7. The third-order valence-electron chi connectivity index (χ3n) is 15.0. The first-order valence-electron chi connectivity index (χ1n) is 25.1.